The number of allylic oxidation sites excluding steroid dienone is 1. The van der Waals surface area contributed by atoms with Crippen molar-refractivity contribution >= 4 is 11.9 Å². The van der Waals surface area contributed by atoms with Crippen LogP contribution in [0.4, 0.5) is 0 Å². The fourth-order valence-electron chi connectivity index (χ4n) is 4.53. The Balaban J connectivity index is 1.36. The van der Waals surface area contributed by atoms with Crippen LogP contribution in [0.15, 0.2) is 36.1 Å². The summed E-state index contributed by atoms with van der Waals surface area (Å²) in [7, 11) is 0. The van der Waals surface area contributed by atoms with Crippen molar-refractivity contribution in [1.82, 2.24) is 9.80 Å². The summed E-state index contributed by atoms with van der Waals surface area (Å²) in [5, 5.41) is 0. The zero-order valence-corrected chi connectivity index (χ0v) is 18.9. The standard InChI is InChI=1S/C26H30N2O4/c1-3-19-4-6-20(7-5-19)15-23-25(29)24-18(2)14-22-21(26(24)32-23)16-28(17-31-22)9-8-27-10-12-30-13-11-27/h4-7,14-15H,3,8-13,16-17H2,1-2H3/b23-15-. The summed E-state index contributed by atoms with van der Waals surface area (Å²) >= 11 is 0. The van der Waals surface area contributed by atoms with Gasteiger partial charge in [-0.15, -0.1) is 0 Å². The average Bonchev–Trinajstić information content (AvgIpc) is 3.16. The van der Waals surface area contributed by atoms with E-state index in [-0.39, 0.29) is 5.78 Å². The average molecular weight is 435 g/mol. The number of benzene rings is 2. The molecule has 3 aliphatic rings. The lowest BCUT2D eigenvalue weighted by Crippen LogP contribution is -2.43. The Kier molecular flexibility index (Phi) is 6.00. The first kappa shape index (κ1) is 21.2. The third-order valence-electron chi connectivity index (χ3n) is 6.51. The van der Waals surface area contributed by atoms with Gasteiger partial charge in [-0.25, -0.2) is 0 Å². The molecule has 0 radical (unpaired) electrons. The minimum absolute atomic E-state index is 0.0506. The summed E-state index contributed by atoms with van der Waals surface area (Å²) in [4.78, 5) is 17.9. The number of hydrogen-bond donors (Lipinski definition) is 0. The Morgan fingerprint density at radius 2 is 1.81 bits per heavy atom. The maximum atomic E-state index is 13.2. The molecular formula is C26H30N2O4. The van der Waals surface area contributed by atoms with E-state index in [0.29, 0.717) is 30.3 Å². The van der Waals surface area contributed by atoms with Crippen molar-refractivity contribution in [2.24, 2.45) is 0 Å². The summed E-state index contributed by atoms with van der Waals surface area (Å²) in [5.41, 5.74) is 4.77. The van der Waals surface area contributed by atoms with Crippen molar-refractivity contribution in [3.63, 3.8) is 0 Å². The molecule has 32 heavy (non-hydrogen) atoms. The van der Waals surface area contributed by atoms with Gasteiger partial charge >= 0.3 is 0 Å². The highest BCUT2D eigenvalue weighted by molar-refractivity contribution is 6.15. The van der Waals surface area contributed by atoms with Crippen LogP contribution >= 0.6 is 0 Å². The van der Waals surface area contributed by atoms with E-state index in [9.17, 15) is 4.79 Å². The van der Waals surface area contributed by atoms with E-state index < -0.39 is 0 Å². The molecule has 0 bridgehead atoms. The van der Waals surface area contributed by atoms with E-state index in [2.05, 4.69) is 28.9 Å². The smallest absolute Gasteiger partial charge is 0.232 e. The van der Waals surface area contributed by atoms with Gasteiger partial charge in [0.25, 0.3) is 0 Å². The summed E-state index contributed by atoms with van der Waals surface area (Å²) in [6.45, 7) is 10.8. The largest absolute Gasteiger partial charge is 0.478 e. The Bertz CT molecular complexity index is 1040. The fraction of sp³-hybridized carbons (Fsp3) is 0.423. The maximum Gasteiger partial charge on any atom is 0.232 e. The number of fused-ring (bicyclic) bond motifs is 3. The highest BCUT2D eigenvalue weighted by Crippen LogP contribution is 2.44. The third kappa shape index (κ3) is 4.18. The van der Waals surface area contributed by atoms with E-state index in [1.165, 1.54) is 5.56 Å². The molecule has 0 amide bonds. The van der Waals surface area contributed by atoms with E-state index in [0.717, 1.165) is 68.3 Å². The number of rotatable bonds is 5. The van der Waals surface area contributed by atoms with Gasteiger partial charge in [-0.05, 0) is 42.2 Å². The molecule has 0 N–H and O–H groups in total. The van der Waals surface area contributed by atoms with E-state index in [1.807, 2.05) is 31.2 Å². The number of hydrogen-bond acceptors (Lipinski definition) is 6. The molecule has 168 valence electrons. The number of ketones is 1. The minimum atomic E-state index is -0.0506. The Hall–Kier alpha value is -2.67. The summed E-state index contributed by atoms with van der Waals surface area (Å²) < 4.78 is 17.7. The molecule has 2 aromatic carbocycles. The van der Waals surface area contributed by atoms with Gasteiger partial charge in [0.2, 0.25) is 5.78 Å². The molecule has 0 aromatic heterocycles. The van der Waals surface area contributed by atoms with E-state index >= 15 is 0 Å². The molecule has 3 heterocycles. The zero-order chi connectivity index (χ0) is 22.1. The lowest BCUT2D eigenvalue weighted by Gasteiger charge is -2.33. The molecule has 1 saturated heterocycles. The van der Waals surface area contributed by atoms with Crippen LogP contribution in [0.2, 0.25) is 0 Å². The van der Waals surface area contributed by atoms with E-state index in [1.54, 1.807) is 0 Å². The van der Waals surface area contributed by atoms with Crippen LogP contribution in [0, 0.1) is 6.92 Å². The lowest BCUT2D eigenvalue weighted by molar-refractivity contribution is 0.0239. The van der Waals surface area contributed by atoms with Crippen LogP contribution in [0.25, 0.3) is 6.08 Å². The quantitative estimate of drug-likeness (QED) is 0.670. The fourth-order valence-corrected chi connectivity index (χ4v) is 4.53. The lowest BCUT2D eigenvalue weighted by atomic mass is 9.98. The normalized spacial score (nSPS) is 20.1. The second kappa shape index (κ2) is 9.06. The molecule has 0 unspecified atom stereocenters. The van der Waals surface area contributed by atoms with E-state index in [4.69, 9.17) is 14.2 Å². The van der Waals surface area contributed by atoms with Gasteiger partial charge < -0.3 is 14.2 Å². The van der Waals surface area contributed by atoms with Crippen molar-refractivity contribution in [2.45, 2.75) is 26.8 Å². The van der Waals surface area contributed by atoms with Gasteiger partial charge in [-0.2, -0.15) is 0 Å². The van der Waals surface area contributed by atoms with Gasteiger partial charge in [0.05, 0.1) is 24.3 Å². The molecule has 1 fully saturated rings. The van der Waals surface area contributed by atoms with Gasteiger partial charge in [0, 0.05) is 32.7 Å². The molecule has 0 saturated carbocycles. The van der Waals surface area contributed by atoms with Crippen molar-refractivity contribution in [2.75, 3.05) is 46.1 Å². The molecule has 3 aliphatic heterocycles. The molecular weight excluding hydrogens is 404 g/mol. The SMILES string of the molecule is CCc1ccc(/C=C2\Oc3c4c(cc(C)c3C2=O)OCN(CCN2CCOCC2)C4)cc1. The number of carbonyl (C=O) groups is 1. The number of Topliss-reactive ketones (excluding diaryl/α,β-unsaturated/α-hetero) is 1. The molecule has 6 nitrogen and oxygen atoms in total. The van der Waals surface area contributed by atoms with Crippen LogP contribution in [-0.4, -0.2) is 61.7 Å². The second-order valence-corrected chi connectivity index (χ2v) is 8.69. The van der Waals surface area contributed by atoms with Crippen LogP contribution in [0.3, 0.4) is 0 Å². The zero-order valence-electron chi connectivity index (χ0n) is 18.9. The summed E-state index contributed by atoms with van der Waals surface area (Å²) in [6.07, 6.45) is 2.83. The predicted molar refractivity (Wildman–Crippen MR) is 123 cm³/mol. The molecule has 5 rings (SSSR count). The highest BCUT2D eigenvalue weighted by Gasteiger charge is 2.35. The van der Waals surface area contributed by atoms with Gasteiger partial charge in [-0.3, -0.25) is 14.6 Å². The van der Waals surface area contributed by atoms with Crippen molar-refractivity contribution in [3.8, 4) is 11.5 Å². The molecule has 0 aliphatic carbocycles. The van der Waals surface area contributed by atoms with Gasteiger partial charge in [-0.1, -0.05) is 31.2 Å². The maximum absolute atomic E-state index is 13.2. The first-order valence-electron chi connectivity index (χ1n) is 11.5. The Morgan fingerprint density at radius 1 is 1.06 bits per heavy atom. The van der Waals surface area contributed by atoms with Crippen molar-refractivity contribution < 1.29 is 19.0 Å². The first-order valence-corrected chi connectivity index (χ1v) is 11.5. The first-order chi connectivity index (χ1) is 15.6. The monoisotopic (exact) mass is 434 g/mol. The topological polar surface area (TPSA) is 51.2 Å². The summed E-state index contributed by atoms with van der Waals surface area (Å²) in [6, 6.07) is 10.2. The molecule has 2 aromatic rings. The Morgan fingerprint density at radius 3 is 2.56 bits per heavy atom. The molecule has 0 atom stereocenters. The van der Waals surface area contributed by atoms with Crippen LogP contribution in [-0.2, 0) is 17.7 Å². The summed E-state index contributed by atoms with van der Waals surface area (Å²) in [5.74, 6) is 1.82. The van der Waals surface area contributed by atoms with Gasteiger partial charge in [0.1, 0.15) is 18.2 Å². The van der Waals surface area contributed by atoms with Crippen LogP contribution < -0.4 is 9.47 Å². The highest BCUT2D eigenvalue weighted by atomic mass is 16.5. The van der Waals surface area contributed by atoms with Crippen LogP contribution in [0.1, 0.15) is 39.5 Å². The van der Waals surface area contributed by atoms with Crippen molar-refractivity contribution in [3.05, 3.63) is 63.9 Å². The van der Waals surface area contributed by atoms with Gasteiger partial charge in [0.15, 0.2) is 5.76 Å². The Labute approximate surface area is 189 Å². The predicted octanol–water partition coefficient (Wildman–Crippen LogP) is 3.66. The van der Waals surface area contributed by atoms with Crippen LogP contribution in [0.5, 0.6) is 11.5 Å². The number of aryl methyl sites for hydroxylation is 2. The van der Waals surface area contributed by atoms with Crippen molar-refractivity contribution in [1.29, 1.82) is 0 Å². The number of ether oxygens (including phenoxy) is 3. The molecule has 6 heteroatoms. The minimum Gasteiger partial charge on any atom is -0.478 e. The third-order valence-corrected chi connectivity index (χ3v) is 6.51. The second-order valence-electron chi connectivity index (χ2n) is 8.69. The number of morpholine rings is 1. The number of nitrogens with zero attached hydrogens (tertiary/aromatic N) is 2. The number of carbonyl (C=O) groups excluding carboxylic acids is 1. The molecule has 0 spiro atoms.